The van der Waals surface area contributed by atoms with Gasteiger partial charge in [0.1, 0.15) is 5.82 Å². The van der Waals surface area contributed by atoms with E-state index in [1.807, 2.05) is 6.92 Å². The minimum Gasteiger partial charge on any atom is -0.391 e. The summed E-state index contributed by atoms with van der Waals surface area (Å²) in [5.74, 6) is 0.860. The summed E-state index contributed by atoms with van der Waals surface area (Å²) in [6.07, 6.45) is 2.45. The molecule has 84 valence electrons. The van der Waals surface area contributed by atoms with Crippen LogP contribution in [0.4, 0.5) is 0 Å². The zero-order valence-electron chi connectivity index (χ0n) is 9.18. The van der Waals surface area contributed by atoms with Gasteiger partial charge in [0.25, 0.3) is 0 Å². The molecule has 0 bridgehead atoms. The fourth-order valence-electron chi connectivity index (χ4n) is 1.89. The summed E-state index contributed by atoms with van der Waals surface area (Å²) in [6, 6.07) is -0.254. The molecule has 0 radical (unpaired) electrons. The minimum atomic E-state index is -0.556. The maximum Gasteiger partial charge on any atom is 0.346 e. The highest BCUT2D eigenvalue weighted by Gasteiger charge is 2.21. The van der Waals surface area contributed by atoms with Crippen LogP contribution >= 0.6 is 0 Å². The molecule has 0 saturated heterocycles. The lowest BCUT2D eigenvalue weighted by atomic mass is 10.2. The van der Waals surface area contributed by atoms with E-state index in [1.54, 1.807) is 11.5 Å². The van der Waals surface area contributed by atoms with Gasteiger partial charge in [-0.05, 0) is 26.7 Å². The molecule has 2 rings (SSSR count). The third-order valence-electron chi connectivity index (χ3n) is 3.08. The van der Waals surface area contributed by atoms with Crippen molar-refractivity contribution in [3.8, 4) is 0 Å². The van der Waals surface area contributed by atoms with Gasteiger partial charge >= 0.3 is 5.69 Å². The molecule has 0 amide bonds. The van der Waals surface area contributed by atoms with Crippen LogP contribution < -0.4 is 5.69 Å². The van der Waals surface area contributed by atoms with Gasteiger partial charge in [0.15, 0.2) is 0 Å². The Morgan fingerprint density at radius 1 is 1.40 bits per heavy atom. The lowest BCUT2D eigenvalue weighted by molar-refractivity contribution is 0.130. The van der Waals surface area contributed by atoms with Crippen molar-refractivity contribution >= 4 is 0 Å². The standard InChI is InChI=1S/C10H17N3O2/c1-7(8(2)14)13-10(15)12-6-4-3-5-9(12)11-13/h7-8,14H,3-6H2,1-2H3. The molecule has 0 aromatic carbocycles. The second kappa shape index (κ2) is 3.81. The summed E-state index contributed by atoms with van der Waals surface area (Å²) >= 11 is 0. The summed E-state index contributed by atoms with van der Waals surface area (Å²) < 4.78 is 3.13. The number of fused-ring (bicyclic) bond motifs is 1. The molecule has 2 heterocycles. The molecule has 1 aromatic heterocycles. The highest BCUT2D eigenvalue weighted by Crippen LogP contribution is 2.12. The van der Waals surface area contributed by atoms with Gasteiger partial charge in [-0.15, -0.1) is 0 Å². The van der Waals surface area contributed by atoms with Crippen molar-refractivity contribution in [2.24, 2.45) is 0 Å². The van der Waals surface area contributed by atoms with Gasteiger partial charge in [-0.1, -0.05) is 0 Å². The summed E-state index contributed by atoms with van der Waals surface area (Å²) in [5, 5.41) is 13.7. The van der Waals surface area contributed by atoms with E-state index in [0.717, 1.165) is 31.6 Å². The Hall–Kier alpha value is -1.10. The summed E-state index contributed by atoms with van der Waals surface area (Å²) in [6.45, 7) is 4.25. The van der Waals surface area contributed by atoms with Crippen molar-refractivity contribution in [1.29, 1.82) is 0 Å². The first-order valence-corrected chi connectivity index (χ1v) is 5.47. The van der Waals surface area contributed by atoms with Crippen LogP contribution in [0.1, 0.15) is 38.6 Å². The van der Waals surface area contributed by atoms with Crippen molar-refractivity contribution in [1.82, 2.24) is 14.3 Å². The van der Waals surface area contributed by atoms with E-state index in [4.69, 9.17) is 0 Å². The van der Waals surface area contributed by atoms with Crippen LogP contribution in [0, 0.1) is 0 Å². The van der Waals surface area contributed by atoms with Crippen LogP contribution in [-0.4, -0.2) is 25.6 Å². The average molecular weight is 211 g/mol. The van der Waals surface area contributed by atoms with Crippen LogP contribution in [0.3, 0.4) is 0 Å². The molecule has 2 unspecified atom stereocenters. The van der Waals surface area contributed by atoms with E-state index in [9.17, 15) is 9.90 Å². The Morgan fingerprint density at radius 2 is 2.13 bits per heavy atom. The van der Waals surface area contributed by atoms with Crippen molar-refractivity contribution in [3.05, 3.63) is 16.3 Å². The number of rotatable bonds is 2. The lowest BCUT2D eigenvalue weighted by Gasteiger charge is -2.12. The predicted molar refractivity (Wildman–Crippen MR) is 55.8 cm³/mol. The molecule has 2 atom stereocenters. The van der Waals surface area contributed by atoms with Crippen LogP contribution in [0.25, 0.3) is 0 Å². The van der Waals surface area contributed by atoms with Gasteiger partial charge in [-0.2, -0.15) is 5.10 Å². The molecule has 0 fully saturated rings. The molecule has 1 aliphatic heterocycles. The maximum atomic E-state index is 11.9. The van der Waals surface area contributed by atoms with Gasteiger partial charge < -0.3 is 5.11 Å². The molecule has 15 heavy (non-hydrogen) atoms. The number of nitrogens with zero attached hydrogens (tertiary/aromatic N) is 3. The lowest BCUT2D eigenvalue weighted by Crippen LogP contribution is -2.32. The van der Waals surface area contributed by atoms with E-state index in [2.05, 4.69) is 5.10 Å². The number of hydrogen-bond acceptors (Lipinski definition) is 3. The van der Waals surface area contributed by atoms with Crippen LogP contribution in [0.5, 0.6) is 0 Å². The third-order valence-corrected chi connectivity index (χ3v) is 3.08. The van der Waals surface area contributed by atoms with E-state index in [1.165, 1.54) is 4.68 Å². The topological polar surface area (TPSA) is 60.0 Å². The van der Waals surface area contributed by atoms with Crippen LogP contribution in [0.15, 0.2) is 4.79 Å². The Morgan fingerprint density at radius 3 is 2.73 bits per heavy atom. The Bertz CT molecular complexity index is 405. The predicted octanol–water partition coefficient (Wildman–Crippen LogP) is 0.323. The van der Waals surface area contributed by atoms with E-state index < -0.39 is 6.10 Å². The normalized spacial score (nSPS) is 19.7. The molecule has 0 spiro atoms. The maximum absolute atomic E-state index is 11.9. The Labute approximate surface area is 88.3 Å². The zero-order chi connectivity index (χ0) is 11.0. The van der Waals surface area contributed by atoms with E-state index >= 15 is 0 Å². The number of aliphatic hydroxyl groups excluding tert-OH is 1. The molecule has 1 aliphatic rings. The fraction of sp³-hybridized carbons (Fsp3) is 0.800. The Kier molecular flexibility index (Phi) is 2.65. The molecular formula is C10H17N3O2. The van der Waals surface area contributed by atoms with Crippen molar-refractivity contribution in [3.63, 3.8) is 0 Å². The first kappa shape index (κ1) is 10.4. The second-order valence-electron chi connectivity index (χ2n) is 4.23. The quantitative estimate of drug-likeness (QED) is 0.766. The summed E-state index contributed by atoms with van der Waals surface area (Å²) in [7, 11) is 0. The minimum absolute atomic E-state index is 0.0851. The van der Waals surface area contributed by atoms with Gasteiger partial charge in [0.05, 0.1) is 12.1 Å². The number of hydrogen-bond donors (Lipinski definition) is 1. The van der Waals surface area contributed by atoms with Gasteiger partial charge in [0, 0.05) is 13.0 Å². The second-order valence-corrected chi connectivity index (χ2v) is 4.23. The SMILES string of the molecule is CC(O)C(C)n1nc2n(c1=O)CCCC2. The van der Waals surface area contributed by atoms with Crippen molar-refractivity contribution in [2.75, 3.05) is 0 Å². The zero-order valence-corrected chi connectivity index (χ0v) is 9.18. The van der Waals surface area contributed by atoms with Gasteiger partial charge in [-0.3, -0.25) is 4.57 Å². The van der Waals surface area contributed by atoms with Gasteiger partial charge in [0.2, 0.25) is 0 Å². The molecule has 1 N–H and O–H groups in total. The number of aromatic nitrogens is 3. The molecule has 5 nitrogen and oxygen atoms in total. The number of aliphatic hydroxyl groups is 1. The van der Waals surface area contributed by atoms with Crippen molar-refractivity contribution in [2.45, 2.75) is 51.8 Å². The average Bonchev–Trinajstić information content (AvgIpc) is 2.56. The molecule has 0 aliphatic carbocycles. The molecular weight excluding hydrogens is 194 g/mol. The monoisotopic (exact) mass is 211 g/mol. The van der Waals surface area contributed by atoms with Crippen LogP contribution in [0.2, 0.25) is 0 Å². The highest BCUT2D eigenvalue weighted by molar-refractivity contribution is 4.92. The van der Waals surface area contributed by atoms with E-state index in [-0.39, 0.29) is 11.7 Å². The van der Waals surface area contributed by atoms with Crippen molar-refractivity contribution < 1.29 is 5.11 Å². The first-order chi connectivity index (χ1) is 7.11. The first-order valence-electron chi connectivity index (χ1n) is 5.47. The smallest absolute Gasteiger partial charge is 0.346 e. The highest BCUT2D eigenvalue weighted by atomic mass is 16.3. The largest absolute Gasteiger partial charge is 0.391 e. The third kappa shape index (κ3) is 1.71. The molecule has 0 saturated carbocycles. The summed E-state index contributed by atoms with van der Waals surface area (Å²) in [5.41, 5.74) is -0.0851. The fourth-order valence-corrected chi connectivity index (χ4v) is 1.89. The summed E-state index contributed by atoms with van der Waals surface area (Å²) in [4.78, 5) is 11.9. The molecule has 1 aromatic rings. The van der Waals surface area contributed by atoms with E-state index in [0.29, 0.717) is 0 Å². The Balaban J connectivity index is 2.41. The van der Waals surface area contributed by atoms with Gasteiger partial charge in [-0.25, -0.2) is 9.48 Å². The molecule has 5 heteroatoms. The van der Waals surface area contributed by atoms with Crippen LogP contribution in [-0.2, 0) is 13.0 Å². The number of aryl methyl sites for hydroxylation is 1.